The summed E-state index contributed by atoms with van der Waals surface area (Å²) in [4.78, 5) is 36.1. The summed E-state index contributed by atoms with van der Waals surface area (Å²) in [6, 6.07) is 12.3. The summed E-state index contributed by atoms with van der Waals surface area (Å²) in [5.41, 5.74) is 0.230. The number of aromatic hydroxyl groups is 1. The number of nitrogens with one attached hydrogen (secondary N) is 2. The molecule has 248 valence electrons. The second kappa shape index (κ2) is 17.0. The predicted molar refractivity (Wildman–Crippen MR) is 172 cm³/mol. The van der Waals surface area contributed by atoms with Crippen LogP contribution in [0, 0.1) is 37.7 Å². The number of anilines is 4. The summed E-state index contributed by atoms with van der Waals surface area (Å²) in [6.45, 7) is 0. The molecule has 49 heavy (non-hydrogen) atoms. The second-order valence-electron chi connectivity index (χ2n) is 9.15. The molecule has 0 spiro atoms. The first-order valence-electron chi connectivity index (χ1n) is 12.6. The van der Waals surface area contributed by atoms with E-state index >= 15 is 0 Å². The van der Waals surface area contributed by atoms with E-state index in [2.05, 4.69) is 30.6 Å². The number of phenolic OH excluding ortho intramolecular Hbond substituents is 1. The van der Waals surface area contributed by atoms with Crippen molar-refractivity contribution in [3.8, 4) is 5.75 Å². The van der Waals surface area contributed by atoms with E-state index in [4.69, 9.17) is 23.2 Å². The van der Waals surface area contributed by atoms with Gasteiger partial charge in [-0.2, -0.15) is 4.39 Å². The van der Waals surface area contributed by atoms with E-state index in [1.54, 1.807) is 0 Å². The third-order valence-corrected chi connectivity index (χ3v) is 6.77. The van der Waals surface area contributed by atoms with Gasteiger partial charge in [0.1, 0.15) is 35.9 Å². The topological polar surface area (TPSA) is 212 Å². The number of fused-ring (bicyclic) bond motifs is 2. The second-order valence-corrected chi connectivity index (χ2v) is 9.96. The van der Waals surface area contributed by atoms with Crippen molar-refractivity contribution < 1.29 is 63.2 Å². The quantitative estimate of drug-likeness (QED) is 0.111. The number of aromatic nitrogens is 4. The van der Waals surface area contributed by atoms with Crippen molar-refractivity contribution in [2.24, 2.45) is 0 Å². The summed E-state index contributed by atoms with van der Waals surface area (Å²) in [5, 5.41) is 37.6. The van der Waals surface area contributed by atoms with Crippen LogP contribution in [0.15, 0.2) is 73.3 Å². The number of halogens is 5. The molecular formula is C29H20Cl2F3N8NaO6. The minimum Gasteiger partial charge on any atom is -0.870 e. The molecule has 2 aromatic heterocycles. The van der Waals surface area contributed by atoms with Crippen LogP contribution < -0.4 is 40.2 Å². The maximum absolute atomic E-state index is 13.6. The molecule has 4 aromatic carbocycles. The maximum atomic E-state index is 13.6. The molecule has 4 N–H and O–H groups in total. The molecule has 0 aliphatic heterocycles. The fraction of sp³-hybridized carbons (Fsp3) is 0.0345. The molecule has 14 nitrogen and oxygen atoms in total. The standard InChI is InChI=1S/C14H7ClF2N4O2.C14H8ClFN4O3.CH4.Na.H2O/c15-9-3-7(1-2-10(9)16)20-14-8-4-13(21(22)23)11(17)5-12(8)18-6-19-14;15-9-3-7(1-2-10(9)16)19-14-8-4-12(20(22)23)13(21)5-11(8)17-6-18-14;;;/h1-6H,(H,18,19,20);1-6,21H,(H,17,18,19);1H4;;1H2/q;;;+1;/p-1. The van der Waals surface area contributed by atoms with Gasteiger partial charge in [0, 0.05) is 35.6 Å². The number of nitro groups is 2. The molecular weight excluding hydrogens is 707 g/mol. The summed E-state index contributed by atoms with van der Waals surface area (Å²) in [7, 11) is 0. The predicted octanol–water partition coefficient (Wildman–Crippen LogP) is 5.46. The van der Waals surface area contributed by atoms with Crippen molar-refractivity contribution in [2.45, 2.75) is 7.43 Å². The first-order chi connectivity index (χ1) is 21.9. The van der Waals surface area contributed by atoms with Gasteiger partial charge in [-0.25, -0.2) is 28.7 Å². The van der Waals surface area contributed by atoms with Gasteiger partial charge in [-0.05, 0) is 36.4 Å². The first-order valence-corrected chi connectivity index (χ1v) is 13.3. The van der Waals surface area contributed by atoms with E-state index < -0.39 is 44.4 Å². The molecule has 0 saturated carbocycles. The minimum absolute atomic E-state index is 0. The van der Waals surface area contributed by atoms with Crippen molar-refractivity contribution in [2.75, 3.05) is 10.6 Å². The minimum atomic E-state index is -0.989. The van der Waals surface area contributed by atoms with Crippen LogP contribution in [-0.4, -0.2) is 40.4 Å². The van der Waals surface area contributed by atoms with Crippen LogP contribution in [0.1, 0.15) is 7.43 Å². The third-order valence-electron chi connectivity index (χ3n) is 6.19. The Morgan fingerprint density at radius 2 is 1.08 bits per heavy atom. The van der Waals surface area contributed by atoms with Gasteiger partial charge in [-0.1, -0.05) is 30.6 Å². The van der Waals surface area contributed by atoms with E-state index in [-0.39, 0.29) is 75.0 Å². The Kier molecular flexibility index (Phi) is 13.9. The fourth-order valence-corrected chi connectivity index (χ4v) is 4.41. The van der Waals surface area contributed by atoms with Crippen LogP contribution in [0.25, 0.3) is 21.8 Å². The van der Waals surface area contributed by atoms with Gasteiger partial charge in [0.15, 0.2) is 5.75 Å². The summed E-state index contributed by atoms with van der Waals surface area (Å²) < 4.78 is 40.0. The van der Waals surface area contributed by atoms with E-state index in [1.165, 1.54) is 49.1 Å². The zero-order valence-electron chi connectivity index (χ0n) is 24.0. The molecule has 0 fully saturated rings. The maximum Gasteiger partial charge on any atom is 1.00 e. The molecule has 20 heteroatoms. The van der Waals surface area contributed by atoms with E-state index in [9.17, 15) is 38.5 Å². The van der Waals surface area contributed by atoms with Gasteiger partial charge in [0.2, 0.25) is 5.82 Å². The monoisotopic (exact) mass is 726 g/mol. The van der Waals surface area contributed by atoms with Gasteiger partial charge in [-0.15, -0.1) is 0 Å². The molecule has 0 amide bonds. The van der Waals surface area contributed by atoms with Gasteiger partial charge in [-0.3, -0.25) is 20.2 Å². The molecule has 0 saturated heterocycles. The van der Waals surface area contributed by atoms with E-state index in [0.717, 1.165) is 24.3 Å². The van der Waals surface area contributed by atoms with Crippen LogP contribution in [0.4, 0.5) is 47.6 Å². The zero-order valence-corrected chi connectivity index (χ0v) is 27.5. The van der Waals surface area contributed by atoms with Crippen molar-refractivity contribution >= 4 is 79.4 Å². The molecule has 0 aliphatic rings. The zero-order chi connectivity index (χ0) is 33.1. The molecule has 0 radical (unpaired) electrons. The molecule has 0 atom stereocenters. The Labute approximate surface area is 305 Å². The van der Waals surface area contributed by atoms with Crippen LogP contribution in [-0.2, 0) is 0 Å². The summed E-state index contributed by atoms with van der Waals surface area (Å²) in [6.07, 6.45) is 2.42. The van der Waals surface area contributed by atoms with Crippen LogP contribution in [0.3, 0.4) is 0 Å². The Morgan fingerprint density at radius 3 is 1.51 bits per heavy atom. The number of nitrogens with zero attached hydrogens (tertiary/aromatic N) is 6. The normalized spacial score (nSPS) is 10.1. The Morgan fingerprint density at radius 1 is 0.653 bits per heavy atom. The number of benzene rings is 4. The van der Waals surface area contributed by atoms with Crippen LogP contribution in [0.2, 0.25) is 10.0 Å². The third kappa shape index (κ3) is 9.17. The van der Waals surface area contributed by atoms with E-state index in [0.29, 0.717) is 22.3 Å². The summed E-state index contributed by atoms with van der Waals surface area (Å²) >= 11 is 11.4. The van der Waals surface area contributed by atoms with Crippen LogP contribution >= 0.6 is 23.2 Å². The number of nitro benzene ring substituents is 2. The van der Waals surface area contributed by atoms with Gasteiger partial charge in [0.05, 0.1) is 41.7 Å². The Balaban J connectivity index is 0.000000321. The smallest absolute Gasteiger partial charge is 0.870 e. The largest absolute Gasteiger partial charge is 1.00 e. The van der Waals surface area contributed by atoms with Crippen molar-refractivity contribution in [3.63, 3.8) is 0 Å². The molecule has 6 rings (SSSR count). The van der Waals surface area contributed by atoms with Crippen LogP contribution in [0.5, 0.6) is 5.75 Å². The Bertz CT molecular complexity index is 2040. The summed E-state index contributed by atoms with van der Waals surface area (Å²) in [5.74, 6) is -2.15. The fourth-order valence-electron chi connectivity index (χ4n) is 4.05. The molecule has 0 bridgehead atoms. The number of hydrogen-bond donors (Lipinski definition) is 3. The van der Waals surface area contributed by atoms with Crippen molar-refractivity contribution in [3.05, 3.63) is 121 Å². The first kappa shape index (κ1) is 40.3. The van der Waals surface area contributed by atoms with Gasteiger partial charge >= 0.3 is 40.9 Å². The Hall–Kier alpha value is -4.91. The number of rotatable bonds is 6. The van der Waals surface area contributed by atoms with Crippen molar-refractivity contribution in [1.82, 2.24) is 19.9 Å². The molecule has 2 heterocycles. The number of hydrogen-bond acceptors (Lipinski definition) is 12. The van der Waals surface area contributed by atoms with Crippen molar-refractivity contribution in [1.29, 1.82) is 0 Å². The average Bonchev–Trinajstić information content (AvgIpc) is 3.00. The molecule has 6 aromatic rings. The molecule has 0 unspecified atom stereocenters. The van der Waals surface area contributed by atoms with E-state index in [1.807, 2.05) is 0 Å². The average molecular weight is 727 g/mol. The van der Waals surface area contributed by atoms with Gasteiger partial charge < -0.3 is 21.2 Å². The number of phenols is 1. The molecule has 0 aliphatic carbocycles. The van der Waals surface area contributed by atoms with Gasteiger partial charge in [0.25, 0.3) is 0 Å². The SMILES string of the molecule is C.O=[N+]([O-])c1cc2c(Nc3ccc(F)c(Cl)c3)ncnc2cc1F.O=[N+]([O-])c1cc2c(Nc3ccc(F)c(Cl)c3)ncnc2cc1O.[Na+].[OH-].